The van der Waals surface area contributed by atoms with Crippen LogP contribution in [0, 0.1) is 6.92 Å². The van der Waals surface area contributed by atoms with Crippen molar-refractivity contribution in [2.24, 2.45) is 0 Å². The van der Waals surface area contributed by atoms with Crippen LogP contribution in [-0.2, 0) is 38.3 Å². The standard InChI is InChI=1S/C48H64F3N6O10P/c1-32(2)57(33(3)4)68(61,64-8)67-40-29-43(56-30-34(5)44(55-46(56)60)53-28-27-52-42(58)17-13-10-14-26-54-45(59)48(49,50)51)66-41(40)31-65-47(35-15-11-9-12-16-35,36-18-22-38(62-6)23-19-36)37-20-24-39(63-7)25-21-37/h9,11-12,15-16,18-25,30,32-33,40-41,43H,10,13-14,17,26-29,31H2,1-8H3,(H,52,58)(H,54,59)(H,53,55,60)/t40-,41+,43+,68?/m0/s1. The molecule has 1 aromatic heterocycles. The Kier molecular flexibility index (Phi) is 19.2. The third-order valence-corrected chi connectivity index (χ3v) is 14.0. The second kappa shape index (κ2) is 24.3. The number of unbranched alkanes of at least 4 members (excludes halogenated alkanes) is 2. The molecule has 1 fully saturated rings. The summed E-state index contributed by atoms with van der Waals surface area (Å²) < 4.78 is 92.1. The first-order valence-corrected chi connectivity index (χ1v) is 24.1. The number of rotatable bonds is 25. The Balaban J connectivity index is 1.37. The first-order valence-electron chi connectivity index (χ1n) is 22.6. The molecular formula is C48H64F3N6O10P. The fraction of sp³-hybridized carbons (Fsp3) is 0.500. The van der Waals surface area contributed by atoms with E-state index in [-0.39, 0.29) is 57.1 Å². The quantitative estimate of drug-likeness (QED) is 0.0332. The molecule has 16 nitrogen and oxygen atoms in total. The van der Waals surface area contributed by atoms with Crippen molar-refractivity contribution < 1.29 is 55.3 Å². The van der Waals surface area contributed by atoms with Crippen molar-refractivity contribution in [3.8, 4) is 11.5 Å². The smallest absolute Gasteiger partial charge is 0.471 e. The Morgan fingerprint density at radius 1 is 0.838 bits per heavy atom. The molecule has 0 saturated carbocycles. The van der Waals surface area contributed by atoms with Gasteiger partial charge in [0.25, 0.3) is 0 Å². The van der Waals surface area contributed by atoms with Gasteiger partial charge < -0.3 is 34.9 Å². The van der Waals surface area contributed by atoms with E-state index in [0.717, 1.165) is 16.7 Å². The number of amides is 2. The van der Waals surface area contributed by atoms with E-state index in [1.54, 1.807) is 32.0 Å². The van der Waals surface area contributed by atoms with E-state index < -0.39 is 49.6 Å². The van der Waals surface area contributed by atoms with E-state index in [2.05, 4.69) is 15.6 Å². The molecule has 20 heteroatoms. The SMILES string of the molecule is COc1ccc(C(OC[C@H]2O[C@@H](n3cc(C)c(NCCNC(=O)CCCCCNC(=O)C(F)(F)F)nc3=O)C[C@@H]2OP(=O)(OC)N(C(C)C)C(C)C)(c2ccccc2)c2ccc(OC)cc2)cc1. The number of benzene rings is 3. The molecule has 372 valence electrons. The maximum absolute atomic E-state index is 14.8. The molecule has 2 amide bonds. The predicted octanol–water partition coefficient (Wildman–Crippen LogP) is 7.89. The summed E-state index contributed by atoms with van der Waals surface area (Å²) in [6, 6.07) is 24.5. The summed E-state index contributed by atoms with van der Waals surface area (Å²) in [5.74, 6) is -0.632. The summed E-state index contributed by atoms with van der Waals surface area (Å²) in [5.41, 5.74) is 1.11. The topological polar surface area (TPSA) is 181 Å². The number of hydrogen-bond acceptors (Lipinski definition) is 12. The van der Waals surface area contributed by atoms with Gasteiger partial charge in [-0.3, -0.25) is 23.2 Å². The van der Waals surface area contributed by atoms with Crippen LogP contribution >= 0.6 is 7.75 Å². The van der Waals surface area contributed by atoms with Gasteiger partial charge in [0.15, 0.2) is 0 Å². The van der Waals surface area contributed by atoms with Gasteiger partial charge in [-0.2, -0.15) is 18.2 Å². The van der Waals surface area contributed by atoms with Gasteiger partial charge >= 0.3 is 25.5 Å². The van der Waals surface area contributed by atoms with Gasteiger partial charge in [0, 0.05) is 63.4 Å². The molecule has 68 heavy (non-hydrogen) atoms. The minimum atomic E-state index is -4.93. The fourth-order valence-corrected chi connectivity index (χ4v) is 10.3. The minimum Gasteiger partial charge on any atom is -0.497 e. The van der Waals surface area contributed by atoms with Crippen LogP contribution in [0.2, 0.25) is 0 Å². The number of aryl methyl sites for hydroxylation is 1. The maximum atomic E-state index is 14.8. The van der Waals surface area contributed by atoms with Crippen molar-refractivity contribution in [2.45, 2.75) is 109 Å². The van der Waals surface area contributed by atoms with Gasteiger partial charge in [0.2, 0.25) is 5.91 Å². The van der Waals surface area contributed by atoms with Crippen molar-refractivity contribution in [3.05, 3.63) is 118 Å². The lowest BCUT2D eigenvalue weighted by Gasteiger charge is -2.38. The molecule has 0 radical (unpaired) electrons. The number of nitrogens with zero attached hydrogens (tertiary/aromatic N) is 3. The normalized spacial score (nSPS) is 17.3. The number of aromatic nitrogens is 2. The number of methoxy groups -OCH3 is 2. The second-order valence-corrected chi connectivity index (χ2v) is 18.8. The zero-order valence-electron chi connectivity index (χ0n) is 39.8. The molecule has 3 aromatic carbocycles. The molecule has 4 atom stereocenters. The molecule has 0 spiro atoms. The number of carbonyl (C=O) groups excluding carboxylic acids is 2. The van der Waals surface area contributed by atoms with Crippen LogP contribution in [0.15, 0.2) is 89.9 Å². The number of anilines is 1. The molecule has 2 heterocycles. The molecule has 1 aliphatic heterocycles. The average molecular weight is 973 g/mol. The summed E-state index contributed by atoms with van der Waals surface area (Å²) in [7, 11) is 0.563. The Morgan fingerprint density at radius 3 is 1.97 bits per heavy atom. The van der Waals surface area contributed by atoms with Crippen LogP contribution in [-0.4, -0.2) is 104 Å². The van der Waals surface area contributed by atoms with E-state index >= 15 is 0 Å². The maximum Gasteiger partial charge on any atom is 0.471 e. The fourth-order valence-electron chi connectivity index (χ4n) is 8.25. The van der Waals surface area contributed by atoms with Crippen LogP contribution in [0.3, 0.4) is 0 Å². The highest BCUT2D eigenvalue weighted by atomic mass is 31.2. The lowest BCUT2D eigenvalue weighted by Crippen LogP contribution is -2.40. The van der Waals surface area contributed by atoms with Crippen molar-refractivity contribution >= 4 is 25.4 Å². The molecule has 0 bridgehead atoms. The molecular weight excluding hydrogens is 909 g/mol. The minimum absolute atomic E-state index is 0.0802. The Labute approximate surface area is 395 Å². The first kappa shape index (κ1) is 53.7. The van der Waals surface area contributed by atoms with Gasteiger partial charge in [-0.05, 0) is 88.4 Å². The second-order valence-electron chi connectivity index (χ2n) is 16.8. The van der Waals surface area contributed by atoms with E-state index in [0.29, 0.717) is 42.1 Å². The van der Waals surface area contributed by atoms with Crippen molar-refractivity contribution in [1.29, 1.82) is 0 Å². The van der Waals surface area contributed by atoms with E-state index in [4.69, 9.17) is 28.0 Å². The van der Waals surface area contributed by atoms with Crippen molar-refractivity contribution in [3.63, 3.8) is 0 Å². The van der Waals surface area contributed by atoms with E-state index in [9.17, 15) is 32.1 Å². The molecule has 0 aliphatic carbocycles. The summed E-state index contributed by atoms with van der Waals surface area (Å²) in [4.78, 5) is 41.4. The predicted molar refractivity (Wildman–Crippen MR) is 251 cm³/mol. The van der Waals surface area contributed by atoms with Crippen LogP contribution in [0.4, 0.5) is 19.0 Å². The Bertz CT molecular complexity index is 2300. The first-order chi connectivity index (χ1) is 32.4. The Morgan fingerprint density at radius 2 is 1.43 bits per heavy atom. The number of alkyl halides is 3. The monoisotopic (exact) mass is 972 g/mol. The number of halogens is 3. The lowest BCUT2D eigenvalue weighted by molar-refractivity contribution is -0.173. The average Bonchev–Trinajstić information content (AvgIpc) is 3.71. The third-order valence-electron chi connectivity index (χ3n) is 11.5. The molecule has 4 aromatic rings. The van der Waals surface area contributed by atoms with Gasteiger partial charge in [-0.15, -0.1) is 0 Å². The van der Waals surface area contributed by atoms with Gasteiger partial charge in [0.1, 0.15) is 41.4 Å². The van der Waals surface area contributed by atoms with E-state index in [1.807, 2.05) is 112 Å². The number of carbonyl (C=O) groups is 2. The van der Waals surface area contributed by atoms with Crippen molar-refractivity contribution in [2.75, 3.05) is 52.9 Å². The van der Waals surface area contributed by atoms with Crippen molar-refractivity contribution in [1.82, 2.24) is 24.9 Å². The number of hydrogen-bond donors (Lipinski definition) is 3. The summed E-state index contributed by atoms with van der Waals surface area (Å²) >= 11 is 0. The van der Waals surface area contributed by atoms with Crippen LogP contribution in [0.1, 0.15) is 88.3 Å². The molecule has 5 rings (SSSR count). The van der Waals surface area contributed by atoms with Crippen LogP contribution in [0.25, 0.3) is 0 Å². The molecule has 1 unspecified atom stereocenters. The summed E-state index contributed by atoms with van der Waals surface area (Å²) in [5, 5.41) is 7.66. The van der Waals surface area contributed by atoms with Crippen LogP contribution in [0.5, 0.6) is 11.5 Å². The van der Waals surface area contributed by atoms with Crippen LogP contribution < -0.4 is 31.1 Å². The van der Waals surface area contributed by atoms with Gasteiger partial charge in [-0.25, -0.2) is 14.0 Å². The summed E-state index contributed by atoms with van der Waals surface area (Å²) in [6.45, 7) is 9.59. The van der Waals surface area contributed by atoms with Gasteiger partial charge in [-0.1, -0.05) is 61.0 Å². The zero-order chi connectivity index (χ0) is 49.6. The number of nitrogens with one attached hydrogen (secondary N) is 3. The summed E-state index contributed by atoms with van der Waals surface area (Å²) in [6.07, 6.45) is -4.62. The molecule has 1 saturated heterocycles. The number of ether oxygens (including phenoxy) is 4. The molecule has 3 N–H and O–H groups in total. The Hall–Kier alpha value is -5.30. The largest absolute Gasteiger partial charge is 0.497 e. The zero-order valence-corrected chi connectivity index (χ0v) is 40.7. The highest BCUT2D eigenvalue weighted by molar-refractivity contribution is 7.51. The van der Waals surface area contributed by atoms with E-state index in [1.165, 1.54) is 11.7 Å². The highest BCUT2D eigenvalue weighted by Gasteiger charge is 2.48. The lowest BCUT2D eigenvalue weighted by atomic mass is 9.80. The molecule has 1 aliphatic rings. The third kappa shape index (κ3) is 13.5. The highest BCUT2D eigenvalue weighted by Crippen LogP contribution is 2.57. The van der Waals surface area contributed by atoms with Gasteiger partial charge in [0.05, 0.1) is 20.8 Å².